The molecule has 0 aliphatic rings. The van der Waals surface area contributed by atoms with Gasteiger partial charge in [0.05, 0.1) is 17.1 Å². The van der Waals surface area contributed by atoms with Crippen molar-refractivity contribution >= 4 is 95.8 Å². The fraction of sp³-hybridized carbons (Fsp3) is 0.0185. The van der Waals surface area contributed by atoms with Crippen molar-refractivity contribution < 1.29 is 0 Å². The Morgan fingerprint density at radius 1 is 0.525 bits per heavy atom. The normalized spacial score (nSPS) is 12.4. The van der Waals surface area contributed by atoms with Gasteiger partial charge in [0.25, 0.3) is 0 Å². The van der Waals surface area contributed by atoms with E-state index in [0.29, 0.717) is 5.82 Å². The predicted octanol–water partition coefficient (Wildman–Crippen LogP) is 15.6. The number of pyridine rings is 1. The predicted molar refractivity (Wildman–Crippen MR) is 255 cm³/mol. The molecule has 7 aromatic carbocycles. The zero-order chi connectivity index (χ0) is 39.5. The van der Waals surface area contributed by atoms with Crippen LogP contribution in [-0.2, 0) is 0 Å². The Morgan fingerprint density at radius 3 is 1.98 bits per heavy atom. The summed E-state index contributed by atoms with van der Waals surface area (Å²) in [6.07, 6.45) is 6.22. The van der Waals surface area contributed by atoms with Gasteiger partial charge in [0, 0.05) is 57.7 Å². The molecule has 0 amide bonds. The number of thiophene rings is 2. The van der Waals surface area contributed by atoms with Crippen molar-refractivity contribution in [1.29, 1.82) is 0 Å². The maximum Gasteiger partial charge on any atom is 0.161 e. The average molecular weight is 790 g/mol. The van der Waals surface area contributed by atoms with Crippen LogP contribution in [0.4, 0.5) is 0 Å². The summed E-state index contributed by atoms with van der Waals surface area (Å²) in [5.74, 6) is 0.698. The molecule has 4 heterocycles. The van der Waals surface area contributed by atoms with Gasteiger partial charge in [-0.05, 0) is 64.1 Å². The van der Waals surface area contributed by atoms with Gasteiger partial charge < -0.3 is 0 Å². The highest BCUT2D eigenvalue weighted by atomic mass is 32.1. The van der Waals surface area contributed by atoms with Crippen molar-refractivity contribution in [3.8, 4) is 33.9 Å². The van der Waals surface area contributed by atoms with Crippen molar-refractivity contribution in [2.75, 3.05) is 0 Å². The molecule has 0 saturated heterocycles. The Kier molecular flexibility index (Phi) is 8.58. The van der Waals surface area contributed by atoms with Crippen molar-refractivity contribution in [1.82, 2.24) is 15.0 Å². The molecule has 3 nitrogen and oxygen atoms in total. The van der Waals surface area contributed by atoms with Crippen LogP contribution in [0.15, 0.2) is 189 Å². The monoisotopic (exact) mass is 789 g/mol. The molecule has 11 aromatic rings. The largest absolute Gasteiger partial charge is 0.236 e. The van der Waals surface area contributed by atoms with E-state index in [1.54, 1.807) is 22.7 Å². The van der Waals surface area contributed by atoms with Gasteiger partial charge in [-0.25, -0.2) is 15.0 Å². The molecule has 0 aliphatic heterocycles. The van der Waals surface area contributed by atoms with Crippen LogP contribution in [0.25, 0.3) is 107 Å². The van der Waals surface area contributed by atoms with E-state index >= 15 is 0 Å². The van der Waals surface area contributed by atoms with Crippen LogP contribution in [0, 0.1) is 0 Å². The number of hydrogen-bond donors (Lipinski definition) is 0. The number of hydrogen-bond acceptors (Lipinski definition) is 5. The van der Waals surface area contributed by atoms with Crippen LogP contribution in [0.2, 0.25) is 0 Å². The first-order valence-corrected chi connectivity index (χ1v) is 21.4. The minimum Gasteiger partial charge on any atom is -0.236 e. The molecule has 59 heavy (non-hydrogen) atoms. The molecular weight excluding hydrogens is 755 g/mol. The number of fused-ring (bicyclic) bond motifs is 9. The summed E-state index contributed by atoms with van der Waals surface area (Å²) in [7, 11) is 0. The molecule has 0 radical (unpaired) electrons. The molecule has 0 N–H and O–H groups in total. The average Bonchev–Trinajstić information content (AvgIpc) is 3.87. The van der Waals surface area contributed by atoms with E-state index < -0.39 is 0 Å². The lowest BCUT2D eigenvalue weighted by Gasteiger charge is -2.14. The van der Waals surface area contributed by atoms with Gasteiger partial charge in [0.15, 0.2) is 5.82 Å². The van der Waals surface area contributed by atoms with Crippen LogP contribution >= 0.6 is 22.7 Å². The van der Waals surface area contributed by atoms with Crippen molar-refractivity contribution in [3.05, 3.63) is 200 Å². The lowest BCUT2D eigenvalue weighted by Crippen LogP contribution is -1.98. The molecular formula is C54H35N3S2. The molecule has 11 rings (SSSR count). The Morgan fingerprint density at radius 2 is 1.19 bits per heavy atom. The molecule has 0 unspecified atom stereocenters. The van der Waals surface area contributed by atoms with Gasteiger partial charge >= 0.3 is 0 Å². The second kappa shape index (κ2) is 14.4. The third-order valence-corrected chi connectivity index (χ3v) is 13.6. The van der Waals surface area contributed by atoms with E-state index in [1.165, 1.54) is 57.4 Å². The van der Waals surface area contributed by atoms with E-state index in [2.05, 4.69) is 183 Å². The van der Waals surface area contributed by atoms with Crippen LogP contribution in [0.1, 0.15) is 18.2 Å². The zero-order valence-electron chi connectivity index (χ0n) is 32.2. The molecule has 0 saturated carbocycles. The first-order valence-electron chi connectivity index (χ1n) is 19.7. The van der Waals surface area contributed by atoms with E-state index in [9.17, 15) is 0 Å². The third-order valence-electron chi connectivity index (χ3n) is 11.3. The van der Waals surface area contributed by atoms with Crippen LogP contribution in [0.3, 0.4) is 0 Å². The van der Waals surface area contributed by atoms with Gasteiger partial charge in [0.1, 0.15) is 4.83 Å². The Hall–Kier alpha value is -7.05. The summed E-state index contributed by atoms with van der Waals surface area (Å²) in [4.78, 5) is 16.9. The van der Waals surface area contributed by atoms with Crippen LogP contribution in [-0.4, -0.2) is 15.0 Å². The summed E-state index contributed by atoms with van der Waals surface area (Å²) in [5.41, 5.74) is 9.12. The number of rotatable bonds is 7. The first-order chi connectivity index (χ1) is 29.1. The smallest absolute Gasteiger partial charge is 0.161 e. The van der Waals surface area contributed by atoms with Crippen LogP contribution in [0.5, 0.6) is 0 Å². The molecule has 278 valence electrons. The minimum atomic E-state index is 0.698. The topological polar surface area (TPSA) is 38.7 Å². The van der Waals surface area contributed by atoms with E-state index in [0.717, 1.165) is 55.1 Å². The number of aromatic nitrogens is 3. The maximum atomic E-state index is 5.40. The first kappa shape index (κ1) is 35.1. The second-order valence-electron chi connectivity index (χ2n) is 14.8. The SMILES string of the molecule is C=C/C(=C\C=C(/C)c1ccc(-c2nc3sc4ccccc4c3c3ccccc23)c2ccccc12)c1cc(-c2ccccc2)nc(-c2cccc3c2sc2ccccc23)n1. The summed E-state index contributed by atoms with van der Waals surface area (Å²) in [5, 5.41) is 9.73. The zero-order valence-corrected chi connectivity index (χ0v) is 33.8. The summed E-state index contributed by atoms with van der Waals surface area (Å²) >= 11 is 3.56. The molecule has 0 aliphatic carbocycles. The standard InChI is InChI=1S/C54H35N3S2/c1-3-34(46-32-47(35-16-5-4-6-17-35)56-53(55-46)45-25-15-24-43-39-20-11-13-26-48(39)58-52(43)45)29-28-33(2)36-30-31-42(38-19-8-7-18-37(36)38)51-41-22-10-9-21-40(41)50-44-23-12-14-27-49(44)59-54(50)57-51/h3-32H,1H2,2H3/b33-28+,34-29+. The second-order valence-corrected chi connectivity index (χ2v) is 16.9. The Labute approximate surface area is 349 Å². The van der Waals surface area contributed by atoms with Gasteiger partial charge in [-0.2, -0.15) is 0 Å². The lowest BCUT2D eigenvalue weighted by atomic mass is 9.92. The highest BCUT2D eigenvalue weighted by molar-refractivity contribution is 7.26. The fourth-order valence-corrected chi connectivity index (χ4v) is 10.8. The summed E-state index contributed by atoms with van der Waals surface area (Å²) in [6, 6.07) is 58.0. The molecule has 5 heteroatoms. The highest BCUT2D eigenvalue weighted by Crippen LogP contribution is 2.43. The molecule has 0 bridgehead atoms. The minimum absolute atomic E-state index is 0.698. The van der Waals surface area contributed by atoms with E-state index in [4.69, 9.17) is 15.0 Å². The van der Waals surface area contributed by atoms with Crippen molar-refractivity contribution in [2.45, 2.75) is 6.92 Å². The molecule has 0 atom stereocenters. The van der Waals surface area contributed by atoms with Crippen molar-refractivity contribution in [2.24, 2.45) is 0 Å². The quantitative estimate of drug-likeness (QED) is 0.151. The number of benzene rings is 7. The molecule has 0 spiro atoms. The molecule has 4 aromatic heterocycles. The summed E-state index contributed by atoms with van der Waals surface area (Å²) < 4.78 is 3.70. The Balaban J connectivity index is 1.03. The number of allylic oxidation sites excluding steroid dienone is 5. The lowest BCUT2D eigenvalue weighted by molar-refractivity contribution is 1.16. The van der Waals surface area contributed by atoms with Gasteiger partial charge in [-0.3, -0.25) is 0 Å². The highest BCUT2D eigenvalue weighted by Gasteiger charge is 2.19. The van der Waals surface area contributed by atoms with Crippen molar-refractivity contribution in [3.63, 3.8) is 0 Å². The fourth-order valence-electron chi connectivity index (χ4n) is 8.45. The van der Waals surface area contributed by atoms with E-state index in [-0.39, 0.29) is 0 Å². The maximum absolute atomic E-state index is 5.40. The Bertz CT molecular complexity index is 3530. The molecule has 0 fully saturated rings. The van der Waals surface area contributed by atoms with Gasteiger partial charge in [0.2, 0.25) is 0 Å². The van der Waals surface area contributed by atoms with E-state index in [1.807, 2.05) is 12.1 Å². The van der Waals surface area contributed by atoms with Gasteiger partial charge in [-0.1, -0.05) is 164 Å². The summed E-state index contributed by atoms with van der Waals surface area (Å²) in [6.45, 7) is 6.44. The number of nitrogens with zero attached hydrogens (tertiary/aromatic N) is 3. The third kappa shape index (κ3) is 5.97. The van der Waals surface area contributed by atoms with Gasteiger partial charge in [-0.15, -0.1) is 22.7 Å². The van der Waals surface area contributed by atoms with Crippen LogP contribution < -0.4 is 0 Å².